The Morgan fingerprint density at radius 3 is 2.24 bits per heavy atom. The van der Waals surface area contributed by atoms with Gasteiger partial charge < -0.3 is 10.1 Å². The Balaban J connectivity index is 1.76. The van der Waals surface area contributed by atoms with Gasteiger partial charge in [-0.2, -0.15) is 0 Å². The molecule has 17 heavy (non-hydrogen) atoms. The van der Waals surface area contributed by atoms with Gasteiger partial charge in [0.2, 0.25) is 0 Å². The van der Waals surface area contributed by atoms with Gasteiger partial charge in [0.25, 0.3) is 0 Å². The van der Waals surface area contributed by atoms with Gasteiger partial charge in [-0.15, -0.1) is 0 Å². The summed E-state index contributed by atoms with van der Waals surface area (Å²) < 4.78 is 5.46. The fourth-order valence-corrected chi connectivity index (χ4v) is 3.55. The number of hydrogen-bond acceptors (Lipinski definition) is 2. The van der Waals surface area contributed by atoms with Gasteiger partial charge in [0, 0.05) is 25.8 Å². The first kappa shape index (κ1) is 13.4. The monoisotopic (exact) mass is 239 g/mol. The van der Waals surface area contributed by atoms with Crippen LogP contribution in [0.25, 0.3) is 0 Å². The molecule has 2 atom stereocenters. The minimum atomic E-state index is 0.474. The zero-order valence-electron chi connectivity index (χ0n) is 11.8. The van der Waals surface area contributed by atoms with Crippen LogP contribution in [0.15, 0.2) is 0 Å². The van der Waals surface area contributed by atoms with E-state index >= 15 is 0 Å². The molecule has 2 unspecified atom stereocenters. The SMILES string of the molecule is CC1CC(C)CC(NCC2(C)CCOCC2)C1. The highest BCUT2D eigenvalue weighted by Gasteiger charge is 2.29. The van der Waals surface area contributed by atoms with E-state index < -0.39 is 0 Å². The number of ether oxygens (including phenoxy) is 1. The first-order valence-electron chi connectivity index (χ1n) is 7.38. The highest BCUT2D eigenvalue weighted by Crippen LogP contribution is 2.31. The predicted octanol–water partition coefficient (Wildman–Crippen LogP) is 3.22. The molecular formula is C15H29NO. The maximum absolute atomic E-state index is 5.46. The van der Waals surface area contributed by atoms with Crippen molar-refractivity contribution < 1.29 is 4.74 Å². The molecule has 0 aromatic rings. The van der Waals surface area contributed by atoms with Crippen molar-refractivity contribution in [1.29, 1.82) is 0 Å². The van der Waals surface area contributed by atoms with Gasteiger partial charge in [-0.25, -0.2) is 0 Å². The average Bonchev–Trinajstić information content (AvgIpc) is 2.26. The van der Waals surface area contributed by atoms with Crippen molar-refractivity contribution in [2.24, 2.45) is 17.3 Å². The minimum absolute atomic E-state index is 0.474. The van der Waals surface area contributed by atoms with Crippen LogP contribution in [0, 0.1) is 17.3 Å². The summed E-state index contributed by atoms with van der Waals surface area (Å²) in [5.74, 6) is 1.80. The first-order chi connectivity index (χ1) is 8.07. The highest BCUT2D eigenvalue weighted by molar-refractivity contribution is 4.84. The van der Waals surface area contributed by atoms with Crippen molar-refractivity contribution in [2.75, 3.05) is 19.8 Å². The topological polar surface area (TPSA) is 21.3 Å². The summed E-state index contributed by atoms with van der Waals surface area (Å²) in [6.07, 6.45) is 6.60. The maximum Gasteiger partial charge on any atom is 0.0471 e. The molecule has 1 aliphatic carbocycles. The Labute approximate surface area is 107 Å². The maximum atomic E-state index is 5.46. The summed E-state index contributed by atoms with van der Waals surface area (Å²) >= 11 is 0. The highest BCUT2D eigenvalue weighted by atomic mass is 16.5. The van der Waals surface area contributed by atoms with Crippen LogP contribution in [0.1, 0.15) is 52.9 Å². The van der Waals surface area contributed by atoms with E-state index in [1.807, 2.05) is 0 Å². The largest absolute Gasteiger partial charge is 0.381 e. The zero-order chi connectivity index (χ0) is 12.3. The van der Waals surface area contributed by atoms with E-state index in [0.29, 0.717) is 5.41 Å². The Kier molecular flexibility index (Phi) is 4.48. The molecule has 2 heteroatoms. The Morgan fingerprint density at radius 1 is 1.06 bits per heavy atom. The lowest BCUT2D eigenvalue weighted by atomic mass is 9.78. The fourth-order valence-electron chi connectivity index (χ4n) is 3.55. The molecule has 0 amide bonds. The van der Waals surface area contributed by atoms with Gasteiger partial charge in [0.15, 0.2) is 0 Å². The van der Waals surface area contributed by atoms with Crippen LogP contribution in [0.5, 0.6) is 0 Å². The molecule has 0 spiro atoms. The summed E-state index contributed by atoms with van der Waals surface area (Å²) in [5.41, 5.74) is 0.474. The normalized spacial score (nSPS) is 37.9. The molecule has 2 fully saturated rings. The summed E-state index contributed by atoms with van der Waals surface area (Å²) in [7, 11) is 0. The molecule has 0 radical (unpaired) electrons. The molecule has 2 aliphatic rings. The van der Waals surface area contributed by atoms with Gasteiger partial charge in [-0.05, 0) is 49.4 Å². The van der Waals surface area contributed by atoms with Gasteiger partial charge >= 0.3 is 0 Å². The molecule has 0 aromatic carbocycles. The van der Waals surface area contributed by atoms with Gasteiger partial charge in [0.05, 0.1) is 0 Å². The van der Waals surface area contributed by atoms with Crippen molar-refractivity contribution in [2.45, 2.75) is 58.9 Å². The molecule has 1 heterocycles. The predicted molar refractivity (Wildman–Crippen MR) is 72.1 cm³/mol. The second-order valence-electron chi connectivity index (χ2n) is 6.92. The summed E-state index contributed by atoms with van der Waals surface area (Å²) in [6, 6.07) is 0.758. The van der Waals surface area contributed by atoms with Crippen LogP contribution < -0.4 is 5.32 Å². The first-order valence-corrected chi connectivity index (χ1v) is 7.38. The molecule has 1 saturated carbocycles. The quantitative estimate of drug-likeness (QED) is 0.816. The smallest absolute Gasteiger partial charge is 0.0471 e. The van der Waals surface area contributed by atoms with Gasteiger partial charge in [-0.1, -0.05) is 20.8 Å². The van der Waals surface area contributed by atoms with E-state index in [1.54, 1.807) is 0 Å². The van der Waals surface area contributed by atoms with E-state index in [-0.39, 0.29) is 0 Å². The Bertz CT molecular complexity index is 225. The van der Waals surface area contributed by atoms with Crippen LogP contribution in [0.4, 0.5) is 0 Å². The number of nitrogens with one attached hydrogen (secondary N) is 1. The van der Waals surface area contributed by atoms with E-state index in [0.717, 1.165) is 31.1 Å². The molecule has 2 nitrogen and oxygen atoms in total. The Hall–Kier alpha value is -0.0800. The molecule has 1 aliphatic heterocycles. The van der Waals surface area contributed by atoms with Gasteiger partial charge in [-0.3, -0.25) is 0 Å². The number of hydrogen-bond donors (Lipinski definition) is 1. The average molecular weight is 239 g/mol. The molecule has 0 aromatic heterocycles. The molecule has 2 rings (SSSR count). The van der Waals surface area contributed by atoms with E-state index in [1.165, 1.54) is 38.6 Å². The van der Waals surface area contributed by atoms with Crippen molar-refractivity contribution in [3.63, 3.8) is 0 Å². The van der Waals surface area contributed by atoms with Gasteiger partial charge in [0.1, 0.15) is 0 Å². The van der Waals surface area contributed by atoms with Crippen molar-refractivity contribution in [3.05, 3.63) is 0 Å². The van der Waals surface area contributed by atoms with Crippen LogP contribution in [-0.2, 0) is 4.74 Å². The second-order valence-corrected chi connectivity index (χ2v) is 6.92. The van der Waals surface area contributed by atoms with Crippen molar-refractivity contribution >= 4 is 0 Å². The standard InChI is InChI=1S/C15H29NO/c1-12-8-13(2)10-14(9-12)16-11-15(3)4-6-17-7-5-15/h12-14,16H,4-11H2,1-3H3. The summed E-state index contributed by atoms with van der Waals surface area (Å²) in [5, 5.41) is 3.84. The molecular weight excluding hydrogens is 210 g/mol. The third kappa shape index (κ3) is 3.96. The third-order valence-corrected chi connectivity index (χ3v) is 4.70. The lowest BCUT2D eigenvalue weighted by Crippen LogP contribution is -2.43. The molecule has 1 N–H and O–H groups in total. The number of rotatable bonds is 3. The third-order valence-electron chi connectivity index (χ3n) is 4.70. The molecule has 100 valence electrons. The summed E-state index contributed by atoms with van der Waals surface area (Å²) in [4.78, 5) is 0. The van der Waals surface area contributed by atoms with Crippen LogP contribution in [0.3, 0.4) is 0 Å². The van der Waals surface area contributed by atoms with Crippen LogP contribution in [-0.4, -0.2) is 25.8 Å². The van der Waals surface area contributed by atoms with E-state index in [2.05, 4.69) is 26.1 Å². The molecule has 0 bridgehead atoms. The van der Waals surface area contributed by atoms with E-state index in [4.69, 9.17) is 4.74 Å². The van der Waals surface area contributed by atoms with Crippen LogP contribution >= 0.6 is 0 Å². The zero-order valence-corrected chi connectivity index (χ0v) is 11.8. The van der Waals surface area contributed by atoms with Crippen molar-refractivity contribution in [3.8, 4) is 0 Å². The van der Waals surface area contributed by atoms with E-state index in [9.17, 15) is 0 Å². The second kappa shape index (κ2) is 5.71. The fraction of sp³-hybridized carbons (Fsp3) is 1.00. The summed E-state index contributed by atoms with van der Waals surface area (Å²) in [6.45, 7) is 10.3. The molecule has 1 saturated heterocycles. The van der Waals surface area contributed by atoms with Crippen LogP contribution in [0.2, 0.25) is 0 Å². The lowest BCUT2D eigenvalue weighted by molar-refractivity contribution is 0.0214. The minimum Gasteiger partial charge on any atom is -0.381 e. The van der Waals surface area contributed by atoms with Crippen molar-refractivity contribution in [1.82, 2.24) is 5.32 Å². The lowest BCUT2D eigenvalue weighted by Gasteiger charge is -2.38. The Morgan fingerprint density at radius 2 is 1.65 bits per heavy atom.